The number of carbonyl (C=O) groups excluding carboxylic acids is 1. The molecule has 21 heavy (non-hydrogen) atoms. The zero-order chi connectivity index (χ0) is 16.5. The van der Waals surface area contributed by atoms with Crippen LogP contribution in [0.1, 0.15) is 26.7 Å². The van der Waals surface area contributed by atoms with Gasteiger partial charge in [0.05, 0.1) is 13.0 Å². The summed E-state index contributed by atoms with van der Waals surface area (Å²) in [5.74, 6) is -1.74. The number of esters is 1. The van der Waals surface area contributed by atoms with Crippen molar-refractivity contribution in [2.75, 3.05) is 34.5 Å². The Morgan fingerprint density at radius 1 is 1.14 bits per heavy atom. The van der Waals surface area contributed by atoms with Gasteiger partial charge in [-0.15, -0.1) is 0 Å². The minimum atomic E-state index is -3.32. The van der Waals surface area contributed by atoms with Crippen LogP contribution in [0, 0.1) is 0 Å². The third-order valence-electron chi connectivity index (χ3n) is 2.89. The lowest BCUT2D eigenvalue weighted by Crippen LogP contribution is -2.65. The highest BCUT2D eigenvalue weighted by atomic mass is 28.4. The maximum absolute atomic E-state index is 12.1. The summed E-state index contributed by atoms with van der Waals surface area (Å²) in [6, 6.07) is -1.02. The van der Waals surface area contributed by atoms with Crippen LogP contribution in [0.4, 0.5) is 0 Å². The number of hydrogen-bond acceptors (Lipinski definition) is 7. The Morgan fingerprint density at radius 2 is 1.67 bits per heavy atom. The van der Waals surface area contributed by atoms with E-state index in [1.165, 1.54) is 21.3 Å². The summed E-state index contributed by atoms with van der Waals surface area (Å²) < 4.78 is 22.6. The first-order chi connectivity index (χ1) is 9.92. The van der Waals surface area contributed by atoms with E-state index in [4.69, 9.17) is 23.1 Å². The number of carboxylic acids is 1. The van der Waals surface area contributed by atoms with Gasteiger partial charge in [0.25, 0.3) is 0 Å². The molecule has 0 fully saturated rings. The quantitative estimate of drug-likeness (QED) is 0.433. The summed E-state index contributed by atoms with van der Waals surface area (Å²) in [6.45, 7) is 4.11. The van der Waals surface area contributed by atoms with Crippen molar-refractivity contribution in [1.29, 1.82) is 0 Å². The van der Waals surface area contributed by atoms with Gasteiger partial charge in [-0.2, -0.15) is 0 Å². The van der Waals surface area contributed by atoms with Crippen LogP contribution in [0.15, 0.2) is 0 Å². The molecular weight excluding hydrogens is 298 g/mol. The van der Waals surface area contributed by atoms with Gasteiger partial charge < -0.3 is 23.1 Å². The summed E-state index contributed by atoms with van der Waals surface area (Å²) >= 11 is 0. The average molecular weight is 323 g/mol. The molecule has 1 atom stereocenters. The third-order valence-corrected chi connectivity index (χ3v) is 5.68. The SMILES string of the molecule is CCCN(C(CC(=O)O)C(=O)OCC)[Si](OC)(OC)OC. The molecule has 0 aromatic heterocycles. The highest BCUT2D eigenvalue weighted by Crippen LogP contribution is 2.20. The molecule has 0 amide bonds. The smallest absolute Gasteiger partial charge is 0.481 e. The van der Waals surface area contributed by atoms with Crippen LogP contribution in [-0.2, 0) is 27.6 Å². The maximum atomic E-state index is 12.1. The fourth-order valence-corrected chi connectivity index (χ4v) is 4.33. The van der Waals surface area contributed by atoms with Gasteiger partial charge in [-0.1, -0.05) is 6.92 Å². The Hall–Kier alpha value is -1.00. The lowest BCUT2D eigenvalue weighted by Gasteiger charge is -2.38. The second-order valence-corrected chi connectivity index (χ2v) is 7.04. The van der Waals surface area contributed by atoms with Crippen LogP contribution < -0.4 is 0 Å². The van der Waals surface area contributed by atoms with E-state index in [1.54, 1.807) is 11.5 Å². The molecule has 0 rings (SSSR count). The van der Waals surface area contributed by atoms with Crippen molar-refractivity contribution in [3.05, 3.63) is 0 Å². The highest BCUT2D eigenvalue weighted by Gasteiger charge is 2.52. The summed E-state index contributed by atoms with van der Waals surface area (Å²) in [7, 11) is 0.902. The first-order valence-corrected chi connectivity index (χ1v) is 8.40. The molecule has 0 saturated carbocycles. The van der Waals surface area contributed by atoms with Crippen LogP contribution in [0.5, 0.6) is 0 Å². The molecule has 0 heterocycles. The zero-order valence-electron chi connectivity index (χ0n) is 13.2. The van der Waals surface area contributed by atoms with Crippen molar-refractivity contribution in [1.82, 2.24) is 4.57 Å². The Labute approximate surface area is 126 Å². The standard InChI is InChI=1S/C12H25NO7Si/c1-6-8-13(21(17-3,18-4)19-5)10(9-11(14)15)12(16)20-7-2/h10H,6-9H2,1-5H3,(H,14,15). The van der Waals surface area contributed by atoms with Gasteiger partial charge in [-0.3, -0.25) is 9.59 Å². The van der Waals surface area contributed by atoms with Crippen molar-refractivity contribution in [2.24, 2.45) is 0 Å². The summed E-state index contributed by atoms with van der Waals surface area (Å²) in [5, 5.41) is 9.06. The lowest BCUT2D eigenvalue weighted by molar-refractivity contribution is -0.154. The van der Waals surface area contributed by atoms with E-state index < -0.39 is 33.4 Å². The lowest BCUT2D eigenvalue weighted by atomic mass is 10.2. The van der Waals surface area contributed by atoms with Crippen molar-refractivity contribution in [3.8, 4) is 0 Å². The van der Waals surface area contributed by atoms with Crippen molar-refractivity contribution in [2.45, 2.75) is 32.7 Å². The zero-order valence-corrected chi connectivity index (χ0v) is 14.2. The molecule has 0 saturated heterocycles. The number of hydrogen-bond donors (Lipinski definition) is 1. The fraction of sp³-hybridized carbons (Fsp3) is 0.833. The molecule has 0 aliphatic heterocycles. The van der Waals surface area contributed by atoms with Crippen molar-refractivity contribution >= 4 is 20.9 Å². The summed E-state index contributed by atoms with van der Waals surface area (Å²) in [4.78, 5) is 23.2. The molecule has 124 valence electrons. The number of carbonyl (C=O) groups is 2. The fourth-order valence-electron chi connectivity index (χ4n) is 2.05. The maximum Gasteiger partial charge on any atom is 0.599 e. The van der Waals surface area contributed by atoms with Gasteiger partial charge in [0, 0.05) is 21.3 Å². The van der Waals surface area contributed by atoms with Gasteiger partial charge in [0.15, 0.2) is 0 Å². The average Bonchev–Trinajstić information content (AvgIpc) is 2.46. The molecule has 9 heteroatoms. The van der Waals surface area contributed by atoms with E-state index >= 15 is 0 Å². The van der Waals surface area contributed by atoms with E-state index in [0.29, 0.717) is 13.0 Å². The second-order valence-electron chi connectivity index (χ2n) is 4.20. The van der Waals surface area contributed by atoms with Crippen LogP contribution in [0.25, 0.3) is 0 Å². The predicted octanol–water partition coefficient (Wildman–Crippen LogP) is 0.480. The Bertz CT molecular complexity index is 327. The van der Waals surface area contributed by atoms with Gasteiger partial charge >= 0.3 is 20.9 Å². The number of rotatable bonds is 11. The molecule has 0 spiro atoms. The number of ether oxygens (including phenoxy) is 1. The second kappa shape index (κ2) is 9.85. The molecule has 1 N–H and O–H groups in total. The molecular formula is C12H25NO7Si. The van der Waals surface area contributed by atoms with Gasteiger partial charge in [0.2, 0.25) is 0 Å². The molecule has 0 aliphatic rings. The van der Waals surface area contributed by atoms with E-state index in [-0.39, 0.29) is 6.61 Å². The molecule has 0 aromatic rings. The molecule has 0 aliphatic carbocycles. The van der Waals surface area contributed by atoms with Crippen LogP contribution in [0.3, 0.4) is 0 Å². The minimum Gasteiger partial charge on any atom is -0.481 e. The number of aliphatic carboxylic acids is 1. The minimum absolute atomic E-state index is 0.163. The largest absolute Gasteiger partial charge is 0.599 e. The number of nitrogens with zero attached hydrogens (tertiary/aromatic N) is 1. The van der Waals surface area contributed by atoms with E-state index in [1.807, 2.05) is 6.92 Å². The molecule has 8 nitrogen and oxygen atoms in total. The predicted molar refractivity (Wildman–Crippen MR) is 76.5 cm³/mol. The molecule has 0 aromatic carbocycles. The Morgan fingerprint density at radius 3 is 2.00 bits per heavy atom. The Balaban J connectivity index is 5.57. The van der Waals surface area contributed by atoms with Gasteiger partial charge in [0.1, 0.15) is 6.04 Å². The van der Waals surface area contributed by atoms with Gasteiger partial charge in [-0.25, -0.2) is 4.57 Å². The van der Waals surface area contributed by atoms with Gasteiger partial charge in [-0.05, 0) is 19.9 Å². The van der Waals surface area contributed by atoms with E-state index in [9.17, 15) is 9.59 Å². The molecule has 1 unspecified atom stereocenters. The topological polar surface area (TPSA) is 94.5 Å². The third kappa shape index (κ3) is 5.36. The first kappa shape index (κ1) is 20.0. The highest BCUT2D eigenvalue weighted by molar-refractivity contribution is 6.57. The number of carboxylic acid groups (broad SMARTS) is 1. The van der Waals surface area contributed by atoms with Crippen LogP contribution in [0.2, 0.25) is 0 Å². The van der Waals surface area contributed by atoms with Crippen LogP contribution >= 0.6 is 0 Å². The van der Waals surface area contributed by atoms with Crippen molar-refractivity contribution < 1.29 is 32.7 Å². The normalized spacial score (nSPS) is 13.2. The monoisotopic (exact) mass is 323 g/mol. The molecule has 0 bridgehead atoms. The summed E-state index contributed by atoms with van der Waals surface area (Å²) in [6.07, 6.45) is 0.254. The van der Waals surface area contributed by atoms with E-state index in [2.05, 4.69) is 0 Å². The van der Waals surface area contributed by atoms with Crippen LogP contribution in [-0.4, -0.2) is 71.1 Å². The van der Waals surface area contributed by atoms with Crippen molar-refractivity contribution in [3.63, 3.8) is 0 Å². The Kier molecular flexibility index (Phi) is 9.38. The summed E-state index contributed by atoms with van der Waals surface area (Å²) in [5.41, 5.74) is 0. The first-order valence-electron chi connectivity index (χ1n) is 6.72. The molecule has 0 radical (unpaired) electrons. The van der Waals surface area contributed by atoms with E-state index in [0.717, 1.165) is 0 Å².